The van der Waals surface area contributed by atoms with E-state index in [2.05, 4.69) is 10.3 Å². The first-order valence-corrected chi connectivity index (χ1v) is 7.84. The van der Waals surface area contributed by atoms with Crippen LogP contribution in [0, 0.1) is 0 Å². The van der Waals surface area contributed by atoms with Crippen LogP contribution in [0.3, 0.4) is 0 Å². The topological polar surface area (TPSA) is 60.5 Å². The van der Waals surface area contributed by atoms with E-state index in [1.165, 1.54) is 0 Å². The molecule has 2 aromatic rings. The molecule has 120 valence electrons. The van der Waals surface area contributed by atoms with Crippen LogP contribution in [0.2, 0.25) is 0 Å². The fraction of sp³-hybridized carbons (Fsp3) is 0.333. The molecular weight excluding hydrogens is 292 g/mol. The van der Waals surface area contributed by atoms with Crippen molar-refractivity contribution in [1.82, 2.24) is 10.3 Å². The summed E-state index contributed by atoms with van der Waals surface area (Å²) in [6.07, 6.45) is 3.99. The summed E-state index contributed by atoms with van der Waals surface area (Å²) >= 11 is 0. The predicted octanol–water partition coefficient (Wildman–Crippen LogP) is 2.57. The highest BCUT2D eigenvalue weighted by Crippen LogP contribution is 2.17. The number of benzene rings is 1. The van der Waals surface area contributed by atoms with E-state index in [4.69, 9.17) is 9.47 Å². The summed E-state index contributed by atoms with van der Waals surface area (Å²) in [5, 5.41) is 2.86. The average molecular weight is 312 g/mol. The maximum Gasteiger partial charge on any atom is 0.251 e. The Labute approximate surface area is 135 Å². The van der Waals surface area contributed by atoms with Gasteiger partial charge in [0.15, 0.2) is 0 Å². The molecule has 0 aliphatic carbocycles. The molecule has 0 radical (unpaired) electrons. The van der Waals surface area contributed by atoms with Crippen molar-refractivity contribution in [1.29, 1.82) is 0 Å². The van der Waals surface area contributed by atoms with E-state index in [1.807, 2.05) is 30.3 Å². The number of hydrogen-bond donors (Lipinski definition) is 1. The quantitative estimate of drug-likeness (QED) is 0.890. The molecule has 5 nitrogen and oxygen atoms in total. The van der Waals surface area contributed by atoms with E-state index >= 15 is 0 Å². The Balaban J connectivity index is 1.54. The fourth-order valence-electron chi connectivity index (χ4n) is 2.47. The van der Waals surface area contributed by atoms with Crippen molar-refractivity contribution in [3.05, 3.63) is 59.9 Å². The minimum Gasteiger partial charge on any atom is -0.491 e. The molecule has 1 atom stereocenters. The van der Waals surface area contributed by atoms with Crippen molar-refractivity contribution in [3.8, 4) is 5.75 Å². The SMILES string of the molecule is O=C(NCc1ccccn1)c1cccc(OCC2CCCO2)c1. The Kier molecular flexibility index (Phi) is 5.21. The molecule has 5 heteroatoms. The summed E-state index contributed by atoms with van der Waals surface area (Å²) in [5.74, 6) is 0.546. The number of nitrogens with one attached hydrogen (secondary N) is 1. The van der Waals surface area contributed by atoms with Crippen LogP contribution in [0.15, 0.2) is 48.7 Å². The highest BCUT2D eigenvalue weighted by molar-refractivity contribution is 5.94. The highest BCUT2D eigenvalue weighted by Gasteiger charge is 2.16. The molecule has 1 aliphatic rings. The van der Waals surface area contributed by atoms with Crippen LogP contribution in [0.25, 0.3) is 0 Å². The van der Waals surface area contributed by atoms with E-state index in [0.717, 1.165) is 25.1 Å². The predicted molar refractivity (Wildman–Crippen MR) is 86.3 cm³/mol. The summed E-state index contributed by atoms with van der Waals surface area (Å²) in [6.45, 7) is 1.74. The van der Waals surface area contributed by atoms with Gasteiger partial charge in [0, 0.05) is 18.4 Å². The molecule has 1 amide bonds. The van der Waals surface area contributed by atoms with Gasteiger partial charge < -0.3 is 14.8 Å². The third kappa shape index (κ3) is 4.53. The number of carbonyl (C=O) groups excluding carboxylic acids is 1. The van der Waals surface area contributed by atoms with Crippen molar-refractivity contribution < 1.29 is 14.3 Å². The minimum absolute atomic E-state index is 0.141. The zero-order valence-electron chi connectivity index (χ0n) is 12.9. The molecule has 1 unspecified atom stereocenters. The number of amides is 1. The number of ether oxygens (including phenoxy) is 2. The maximum atomic E-state index is 12.2. The van der Waals surface area contributed by atoms with Gasteiger partial charge >= 0.3 is 0 Å². The number of nitrogens with zero attached hydrogens (tertiary/aromatic N) is 1. The minimum atomic E-state index is -0.141. The zero-order valence-corrected chi connectivity index (χ0v) is 12.9. The lowest BCUT2D eigenvalue weighted by Gasteiger charge is -2.12. The fourth-order valence-corrected chi connectivity index (χ4v) is 2.47. The van der Waals surface area contributed by atoms with Crippen LogP contribution in [-0.4, -0.2) is 30.2 Å². The molecule has 1 aromatic carbocycles. The Morgan fingerprint density at radius 3 is 3.04 bits per heavy atom. The molecule has 3 rings (SSSR count). The van der Waals surface area contributed by atoms with Crippen LogP contribution in [0.1, 0.15) is 28.9 Å². The molecule has 1 N–H and O–H groups in total. The molecule has 0 bridgehead atoms. The lowest BCUT2D eigenvalue weighted by atomic mass is 10.2. The van der Waals surface area contributed by atoms with Gasteiger partial charge in [-0.3, -0.25) is 9.78 Å². The first kappa shape index (κ1) is 15.5. The summed E-state index contributed by atoms with van der Waals surface area (Å²) in [7, 11) is 0. The number of hydrogen-bond acceptors (Lipinski definition) is 4. The lowest BCUT2D eigenvalue weighted by molar-refractivity contribution is 0.0679. The van der Waals surface area contributed by atoms with Gasteiger partial charge in [-0.15, -0.1) is 0 Å². The van der Waals surface area contributed by atoms with Crippen LogP contribution in [0.5, 0.6) is 5.75 Å². The molecule has 0 saturated carbocycles. The van der Waals surface area contributed by atoms with Gasteiger partial charge in [0.25, 0.3) is 5.91 Å². The van der Waals surface area contributed by atoms with Gasteiger partial charge in [0.1, 0.15) is 12.4 Å². The summed E-state index contributed by atoms with van der Waals surface area (Å²) in [5.41, 5.74) is 1.40. The van der Waals surface area contributed by atoms with E-state index in [-0.39, 0.29) is 12.0 Å². The van der Waals surface area contributed by atoms with Crippen molar-refractivity contribution in [2.24, 2.45) is 0 Å². The van der Waals surface area contributed by atoms with E-state index in [1.54, 1.807) is 18.3 Å². The molecule has 1 saturated heterocycles. The lowest BCUT2D eigenvalue weighted by Crippen LogP contribution is -2.23. The Morgan fingerprint density at radius 2 is 2.26 bits per heavy atom. The molecular formula is C18H20N2O3. The molecule has 2 heterocycles. The highest BCUT2D eigenvalue weighted by atomic mass is 16.5. The molecule has 1 fully saturated rings. The average Bonchev–Trinajstić information content (AvgIpc) is 3.12. The second-order valence-corrected chi connectivity index (χ2v) is 5.48. The van der Waals surface area contributed by atoms with Gasteiger partial charge in [-0.1, -0.05) is 12.1 Å². The normalized spacial score (nSPS) is 17.0. The molecule has 0 spiro atoms. The van der Waals surface area contributed by atoms with Crippen molar-refractivity contribution in [2.45, 2.75) is 25.5 Å². The summed E-state index contributed by atoms with van der Waals surface area (Å²) in [4.78, 5) is 16.4. The van der Waals surface area contributed by atoms with Crippen molar-refractivity contribution >= 4 is 5.91 Å². The van der Waals surface area contributed by atoms with Crippen LogP contribution < -0.4 is 10.1 Å². The second-order valence-electron chi connectivity index (χ2n) is 5.48. The van der Waals surface area contributed by atoms with E-state index in [9.17, 15) is 4.79 Å². The van der Waals surface area contributed by atoms with Gasteiger partial charge in [-0.25, -0.2) is 0 Å². The Bertz CT molecular complexity index is 640. The van der Waals surface area contributed by atoms with Crippen LogP contribution >= 0.6 is 0 Å². The van der Waals surface area contributed by atoms with Crippen LogP contribution in [0.4, 0.5) is 0 Å². The Hall–Kier alpha value is -2.40. The number of carbonyl (C=O) groups is 1. The standard InChI is InChI=1S/C18H20N2O3/c21-18(20-12-15-6-1-2-9-19-15)14-5-3-7-16(11-14)23-13-17-8-4-10-22-17/h1-3,5-7,9,11,17H,4,8,10,12-13H2,(H,20,21). The van der Waals surface area contributed by atoms with Crippen LogP contribution in [-0.2, 0) is 11.3 Å². The van der Waals surface area contributed by atoms with E-state index in [0.29, 0.717) is 24.5 Å². The third-order valence-corrected chi connectivity index (χ3v) is 3.71. The second kappa shape index (κ2) is 7.74. The maximum absolute atomic E-state index is 12.2. The molecule has 23 heavy (non-hydrogen) atoms. The summed E-state index contributed by atoms with van der Waals surface area (Å²) < 4.78 is 11.3. The van der Waals surface area contributed by atoms with Crippen molar-refractivity contribution in [3.63, 3.8) is 0 Å². The number of pyridine rings is 1. The molecule has 1 aromatic heterocycles. The third-order valence-electron chi connectivity index (χ3n) is 3.71. The smallest absolute Gasteiger partial charge is 0.251 e. The van der Waals surface area contributed by atoms with Gasteiger partial charge in [-0.05, 0) is 43.2 Å². The first-order valence-electron chi connectivity index (χ1n) is 7.84. The van der Waals surface area contributed by atoms with Crippen molar-refractivity contribution in [2.75, 3.05) is 13.2 Å². The largest absolute Gasteiger partial charge is 0.491 e. The first-order chi connectivity index (χ1) is 11.3. The number of aromatic nitrogens is 1. The Morgan fingerprint density at radius 1 is 1.30 bits per heavy atom. The molecule has 1 aliphatic heterocycles. The number of rotatable bonds is 6. The van der Waals surface area contributed by atoms with Gasteiger partial charge in [0.05, 0.1) is 18.3 Å². The van der Waals surface area contributed by atoms with Gasteiger partial charge in [0.2, 0.25) is 0 Å². The zero-order chi connectivity index (χ0) is 15.9. The monoisotopic (exact) mass is 312 g/mol. The summed E-state index contributed by atoms with van der Waals surface area (Å²) in [6, 6.07) is 12.8. The van der Waals surface area contributed by atoms with E-state index < -0.39 is 0 Å². The van der Waals surface area contributed by atoms with Gasteiger partial charge in [-0.2, -0.15) is 0 Å².